The number of fused-ring (bicyclic) bond motifs is 1. The summed E-state index contributed by atoms with van der Waals surface area (Å²) in [5.74, 6) is -0.581. The fourth-order valence-corrected chi connectivity index (χ4v) is 5.83. The summed E-state index contributed by atoms with van der Waals surface area (Å²) >= 11 is 1.48. The second-order valence-electron chi connectivity index (χ2n) is 6.94. The van der Waals surface area contributed by atoms with E-state index in [1.165, 1.54) is 27.8 Å². The number of sulfonamides is 1. The topological polar surface area (TPSA) is 76.6 Å². The van der Waals surface area contributed by atoms with Crippen LogP contribution in [0.2, 0.25) is 0 Å². The summed E-state index contributed by atoms with van der Waals surface area (Å²) < 4.78 is 33.4. The Morgan fingerprint density at radius 2 is 2.03 bits per heavy atom. The highest BCUT2D eigenvalue weighted by atomic mass is 32.2. The highest BCUT2D eigenvalue weighted by Crippen LogP contribution is 2.36. The highest BCUT2D eigenvalue weighted by molar-refractivity contribution is 7.92. The zero-order valence-electron chi connectivity index (χ0n) is 16.0. The number of hydrogen-bond acceptors (Lipinski definition) is 6. The molecule has 0 amide bonds. The summed E-state index contributed by atoms with van der Waals surface area (Å²) in [7, 11) is -3.81. The van der Waals surface area contributed by atoms with E-state index in [2.05, 4.69) is 4.98 Å². The Kier molecular flexibility index (Phi) is 5.14. The zero-order chi connectivity index (χ0) is 20.6. The minimum Gasteiger partial charge on any atom is -0.456 e. The van der Waals surface area contributed by atoms with E-state index in [0.29, 0.717) is 17.8 Å². The summed E-state index contributed by atoms with van der Waals surface area (Å²) in [5, 5.41) is 2.72. The van der Waals surface area contributed by atoms with E-state index in [4.69, 9.17) is 4.74 Å². The number of esters is 1. The minimum atomic E-state index is -3.81. The van der Waals surface area contributed by atoms with Gasteiger partial charge in [-0.2, -0.15) is 0 Å². The van der Waals surface area contributed by atoms with Crippen LogP contribution in [0.4, 0.5) is 5.69 Å². The first kappa shape index (κ1) is 19.6. The van der Waals surface area contributed by atoms with Crippen LogP contribution in [0.5, 0.6) is 0 Å². The standard InChI is InChI=1S/C21H20N2O4S2/c1-14-10-16-6-3-4-9-20(16)23(14)29(25,26)19-8-5-7-17(11-19)21(24)27-12-18-13-28-15(2)22-18/h3-9,11,13-14H,10,12H2,1-2H3/t14-/m0/s1. The Morgan fingerprint density at radius 3 is 2.79 bits per heavy atom. The van der Waals surface area contributed by atoms with Gasteiger partial charge in [-0.05, 0) is 50.1 Å². The lowest BCUT2D eigenvalue weighted by molar-refractivity contribution is 0.0468. The van der Waals surface area contributed by atoms with Crippen LogP contribution in [0.3, 0.4) is 0 Å². The van der Waals surface area contributed by atoms with E-state index in [1.807, 2.05) is 43.5 Å². The third-order valence-corrected chi connectivity index (χ3v) is 7.54. The molecule has 4 rings (SSSR count). The van der Waals surface area contributed by atoms with Crippen molar-refractivity contribution in [3.05, 3.63) is 75.7 Å². The van der Waals surface area contributed by atoms with Gasteiger partial charge in [0, 0.05) is 11.4 Å². The number of aromatic nitrogens is 1. The molecule has 1 aliphatic rings. The average molecular weight is 429 g/mol. The molecular weight excluding hydrogens is 408 g/mol. The second-order valence-corrected chi connectivity index (χ2v) is 9.82. The molecule has 0 saturated carbocycles. The van der Waals surface area contributed by atoms with Crippen molar-refractivity contribution in [1.82, 2.24) is 4.98 Å². The number of ether oxygens (including phenoxy) is 1. The molecule has 0 aliphatic carbocycles. The van der Waals surface area contributed by atoms with Gasteiger partial charge < -0.3 is 4.74 Å². The number of carbonyl (C=O) groups is 1. The van der Waals surface area contributed by atoms with Crippen molar-refractivity contribution < 1.29 is 17.9 Å². The van der Waals surface area contributed by atoms with Gasteiger partial charge in [0.25, 0.3) is 10.0 Å². The molecule has 0 fully saturated rings. The molecule has 0 bridgehead atoms. The summed E-state index contributed by atoms with van der Waals surface area (Å²) in [5.41, 5.74) is 2.55. The second kappa shape index (κ2) is 7.61. The zero-order valence-corrected chi connectivity index (χ0v) is 17.7. The minimum absolute atomic E-state index is 0.0523. The molecule has 1 atom stereocenters. The first-order chi connectivity index (χ1) is 13.9. The molecule has 0 N–H and O–H groups in total. The molecule has 0 radical (unpaired) electrons. The van der Waals surface area contributed by atoms with E-state index >= 15 is 0 Å². The molecule has 1 aliphatic heterocycles. The highest BCUT2D eigenvalue weighted by Gasteiger charge is 2.36. The Bertz CT molecular complexity index is 1170. The molecule has 0 spiro atoms. The molecule has 2 aromatic carbocycles. The van der Waals surface area contributed by atoms with Crippen LogP contribution in [0.25, 0.3) is 0 Å². The van der Waals surface area contributed by atoms with Gasteiger partial charge in [-0.1, -0.05) is 24.3 Å². The first-order valence-electron chi connectivity index (χ1n) is 9.17. The Labute approximate surface area is 173 Å². The van der Waals surface area contributed by atoms with Crippen molar-refractivity contribution in [1.29, 1.82) is 0 Å². The van der Waals surface area contributed by atoms with Gasteiger partial charge in [0.1, 0.15) is 6.61 Å². The largest absolute Gasteiger partial charge is 0.456 e. The fourth-order valence-electron chi connectivity index (χ4n) is 3.50. The lowest BCUT2D eigenvalue weighted by Crippen LogP contribution is -2.35. The third-order valence-electron chi connectivity index (χ3n) is 4.79. The molecule has 2 heterocycles. The molecule has 3 aromatic rings. The van der Waals surface area contributed by atoms with Crippen molar-refractivity contribution >= 4 is 33.0 Å². The third kappa shape index (κ3) is 3.77. The predicted molar refractivity (Wildman–Crippen MR) is 112 cm³/mol. The van der Waals surface area contributed by atoms with E-state index in [9.17, 15) is 13.2 Å². The van der Waals surface area contributed by atoms with Crippen LogP contribution in [0.1, 0.15) is 33.5 Å². The SMILES string of the molecule is Cc1nc(COC(=O)c2cccc(S(=O)(=O)N3c4ccccc4C[C@@H]3C)c2)cs1. The number of aryl methyl sites for hydroxylation is 1. The molecule has 150 valence electrons. The van der Waals surface area contributed by atoms with Crippen LogP contribution in [-0.4, -0.2) is 25.4 Å². The van der Waals surface area contributed by atoms with Crippen molar-refractivity contribution in [2.24, 2.45) is 0 Å². The van der Waals surface area contributed by atoms with Crippen molar-refractivity contribution in [3.63, 3.8) is 0 Å². The summed E-state index contributed by atoms with van der Waals surface area (Å²) in [6, 6.07) is 13.3. The number of thiazole rings is 1. The van der Waals surface area contributed by atoms with Crippen LogP contribution < -0.4 is 4.31 Å². The Hall–Kier alpha value is -2.71. The summed E-state index contributed by atoms with van der Waals surface area (Å²) in [6.45, 7) is 3.81. The van der Waals surface area contributed by atoms with E-state index in [-0.39, 0.29) is 23.1 Å². The molecule has 0 unspecified atom stereocenters. The van der Waals surface area contributed by atoms with Crippen molar-refractivity contribution in [2.45, 2.75) is 37.8 Å². The van der Waals surface area contributed by atoms with E-state index < -0.39 is 16.0 Å². The lowest BCUT2D eigenvalue weighted by atomic mass is 10.1. The maximum Gasteiger partial charge on any atom is 0.338 e. The number of hydrogen-bond donors (Lipinski definition) is 0. The van der Waals surface area contributed by atoms with Crippen molar-refractivity contribution in [3.8, 4) is 0 Å². The number of benzene rings is 2. The maximum absolute atomic E-state index is 13.3. The predicted octanol–water partition coefficient (Wildman–Crippen LogP) is 3.95. The molecule has 8 heteroatoms. The molecule has 29 heavy (non-hydrogen) atoms. The number of nitrogens with zero attached hydrogens (tertiary/aromatic N) is 2. The van der Waals surface area contributed by atoms with Gasteiger partial charge >= 0.3 is 5.97 Å². The van der Waals surface area contributed by atoms with Crippen LogP contribution in [0.15, 0.2) is 58.8 Å². The van der Waals surface area contributed by atoms with Crippen LogP contribution >= 0.6 is 11.3 Å². The number of carbonyl (C=O) groups excluding carboxylic acids is 1. The van der Waals surface area contributed by atoms with Gasteiger partial charge in [0.15, 0.2) is 0 Å². The molecule has 6 nitrogen and oxygen atoms in total. The fraction of sp³-hybridized carbons (Fsp3) is 0.238. The average Bonchev–Trinajstić information content (AvgIpc) is 3.28. The molecule has 0 saturated heterocycles. The quantitative estimate of drug-likeness (QED) is 0.575. The molecule has 1 aromatic heterocycles. The van der Waals surface area contributed by atoms with Crippen molar-refractivity contribution in [2.75, 3.05) is 4.31 Å². The van der Waals surface area contributed by atoms with E-state index in [0.717, 1.165) is 10.6 Å². The summed E-state index contributed by atoms with van der Waals surface area (Å²) in [6.07, 6.45) is 0.657. The van der Waals surface area contributed by atoms with Gasteiger partial charge in [-0.15, -0.1) is 11.3 Å². The maximum atomic E-state index is 13.3. The normalized spacial score (nSPS) is 15.9. The first-order valence-corrected chi connectivity index (χ1v) is 11.5. The van der Waals surface area contributed by atoms with Gasteiger partial charge in [0.2, 0.25) is 0 Å². The van der Waals surface area contributed by atoms with Gasteiger partial charge in [0.05, 0.1) is 26.8 Å². The van der Waals surface area contributed by atoms with E-state index in [1.54, 1.807) is 12.1 Å². The van der Waals surface area contributed by atoms with Gasteiger partial charge in [-0.25, -0.2) is 18.2 Å². The molecular formula is C21H20N2O4S2. The Balaban J connectivity index is 1.58. The Morgan fingerprint density at radius 1 is 1.24 bits per heavy atom. The van der Waals surface area contributed by atoms with Gasteiger partial charge in [-0.3, -0.25) is 4.31 Å². The smallest absolute Gasteiger partial charge is 0.338 e. The number of para-hydroxylation sites is 1. The lowest BCUT2D eigenvalue weighted by Gasteiger charge is -2.24. The van der Waals surface area contributed by atoms with Crippen LogP contribution in [-0.2, 0) is 27.8 Å². The number of anilines is 1. The number of rotatable bonds is 5. The van der Waals surface area contributed by atoms with Crippen LogP contribution in [0, 0.1) is 6.92 Å². The summed E-state index contributed by atoms with van der Waals surface area (Å²) in [4.78, 5) is 16.8. The monoisotopic (exact) mass is 428 g/mol.